The van der Waals surface area contributed by atoms with Gasteiger partial charge >= 0.3 is 0 Å². The molecule has 0 fully saturated rings. The predicted octanol–water partition coefficient (Wildman–Crippen LogP) is 7.20. The smallest absolute Gasteiger partial charge is 0.147 e. The van der Waals surface area contributed by atoms with Crippen LogP contribution in [0.25, 0.3) is 0 Å². The van der Waals surface area contributed by atoms with Crippen molar-refractivity contribution >= 4 is 37.6 Å². The van der Waals surface area contributed by atoms with Crippen molar-refractivity contribution < 1.29 is 4.79 Å². The minimum Gasteiger partial charge on any atom is -0.374 e. The van der Waals surface area contributed by atoms with E-state index in [0.717, 1.165) is 32.9 Å². The molecule has 4 atom stereocenters. The number of halogens is 2. The molecule has 2 aromatic rings. The van der Waals surface area contributed by atoms with E-state index in [0.29, 0.717) is 0 Å². The topological polar surface area (TPSA) is 23.6 Å². The van der Waals surface area contributed by atoms with Gasteiger partial charge in [0.25, 0.3) is 0 Å². The zero-order chi connectivity index (χ0) is 24.1. The second-order valence-corrected chi connectivity index (χ2v) is 10.8. The third-order valence-electron chi connectivity index (χ3n) is 6.76. The summed E-state index contributed by atoms with van der Waals surface area (Å²) < 4.78 is 2.04. The van der Waals surface area contributed by atoms with Gasteiger partial charge in [0.1, 0.15) is 5.78 Å². The van der Waals surface area contributed by atoms with Crippen LogP contribution >= 0.6 is 31.9 Å². The number of hydrogen-bond donors (Lipinski definition) is 0. The molecule has 0 amide bonds. The highest BCUT2D eigenvalue weighted by molar-refractivity contribution is 9.10. The lowest BCUT2D eigenvalue weighted by atomic mass is 9.77. The molecule has 0 saturated carbocycles. The summed E-state index contributed by atoms with van der Waals surface area (Å²) in [5, 5.41) is 0. The van der Waals surface area contributed by atoms with E-state index in [1.165, 1.54) is 0 Å². The summed E-state index contributed by atoms with van der Waals surface area (Å²) in [5.41, 5.74) is 2.14. The van der Waals surface area contributed by atoms with Gasteiger partial charge in [-0.2, -0.15) is 0 Å². The summed E-state index contributed by atoms with van der Waals surface area (Å²) in [5.74, 6) is -0.144. The second kappa shape index (κ2) is 11.4. The van der Waals surface area contributed by atoms with Gasteiger partial charge in [-0.25, -0.2) is 0 Å². The second-order valence-electron chi connectivity index (χ2n) is 9.00. The Morgan fingerprint density at radius 3 is 1.44 bits per heavy atom. The van der Waals surface area contributed by atoms with Gasteiger partial charge in [-0.05, 0) is 72.8 Å². The van der Waals surface area contributed by atoms with E-state index in [-0.39, 0.29) is 29.7 Å². The van der Waals surface area contributed by atoms with Crippen molar-refractivity contribution in [3.05, 3.63) is 117 Å². The molecule has 2 heterocycles. The van der Waals surface area contributed by atoms with E-state index in [9.17, 15) is 4.79 Å². The zero-order valence-electron chi connectivity index (χ0n) is 19.5. The van der Waals surface area contributed by atoms with Crippen LogP contribution < -0.4 is 0 Å². The highest BCUT2D eigenvalue weighted by Gasteiger charge is 2.33. The van der Waals surface area contributed by atoms with Gasteiger partial charge in [-0.15, -0.1) is 0 Å². The Morgan fingerprint density at radius 2 is 1.09 bits per heavy atom. The van der Waals surface area contributed by atoms with Crippen molar-refractivity contribution in [2.45, 2.75) is 36.8 Å². The molecule has 5 heteroatoms. The normalized spacial score (nSPS) is 21.1. The zero-order valence-corrected chi connectivity index (χ0v) is 22.7. The van der Waals surface area contributed by atoms with Gasteiger partial charge in [-0.1, -0.05) is 80.4 Å². The first kappa shape index (κ1) is 24.7. The summed E-state index contributed by atoms with van der Waals surface area (Å²) in [6.45, 7) is 0. The van der Waals surface area contributed by atoms with Gasteiger partial charge in [-0.3, -0.25) is 4.79 Å². The number of ketones is 1. The van der Waals surface area contributed by atoms with Crippen LogP contribution in [0.15, 0.2) is 106 Å². The molecule has 0 bridgehead atoms. The standard InChI is InChI=1S/C29H30Br2N2O/c1-32-17-5-3-7-25(32)19-27(21-9-13-23(30)14-10-21)29(34)28(22-11-15-24(31)16-12-22)20-26-8-4-6-18-33(26)2/h3-18,25-28H,19-20H2,1-2H3. The highest BCUT2D eigenvalue weighted by atomic mass is 79.9. The lowest BCUT2D eigenvalue weighted by Crippen LogP contribution is -2.34. The molecule has 2 aromatic carbocycles. The summed E-state index contributed by atoms with van der Waals surface area (Å²) >= 11 is 7.09. The Kier molecular flexibility index (Phi) is 8.28. The van der Waals surface area contributed by atoms with Crippen molar-refractivity contribution in [3.63, 3.8) is 0 Å². The number of Topliss-reactive ketones (excluding diaryl/α,β-unsaturated/α-hetero) is 1. The first-order valence-electron chi connectivity index (χ1n) is 11.6. The number of allylic oxidation sites excluding steroid dienone is 4. The van der Waals surface area contributed by atoms with Gasteiger partial charge in [0, 0.05) is 47.0 Å². The van der Waals surface area contributed by atoms with Crippen LogP contribution in [-0.4, -0.2) is 41.8 Å². The molecular weight excluding hydrogens is 552 g/mol. The van der Waals surface area contributed by atoms with Crippen molar-refractivity contribution in [3.8, 4) is 0 Å². The van der Waals surface area contributed by atoms with Crippen molar-refractivity contribution in [1.82, 2.24) is 9.80 Å². The SMILES string of the molecule is CN1C=CC=CC1CC(C(=O)C(CC1C=CC=CN1C)c1ccc(Br)cc1)c1ccc(Br)cc1. The summed E-state index contributed by atoms with van der Waals surface area (Å²) in [7, 11) is 4.15. The molecule has 0 radical (unpaired) electrons. The highest BCUT2D eigenvalue weighted by Crippen LogP contribution is 2.36. The molecule has 0 aromatic heterocycles. The monoisotopic (exact) mass is 580 g/mol. The third kappa shape index (κ3) is 6.00. The van der Waals surface area contributed by atoms with Crippen LogP contribution in [0, 0.1) is 0 Å². The van der Waals surface area contributed by atoms with Crippen molar-refractivity contribution in [1.29, 1.82) is 0 Å². The number of carbonyl (C=O) groups excluding carboxylic acids is 1. The Labute approximate surface area is 219 Å². The van der Waals surface area contributed by atoms with E-state index < -0.39 is 0 Å². The summed E-state index contributed by atoms with van der Waals surface area (Å²) in [4.78, 5) is 18.8. The number of likely N-dealkylation sites (N-methyl/N-ethyl adjacent to an activating group) is 2. The summed E-state index contributed by atoms with van der Waals surface area (Å²) in [6.07, 6.45) is 18.2. The molecule has 3 nitrogen and oxygen atoms in total. The van der Waals surface area contributed by atoms with E-state index in [2.05, 4.69) is 117 Å². The molecule has 0 saturated heterocycles. The number of carbonyl (C=O) groups is 1. The fourth-order valence-corrected chi connectivity index (χ4v) is 5.22. The lowest BCUT2D eigenvalue weighted by molar-refractivity contribution is -0.122. The quantitative estimate of drug-likeness (QED) is 0.329. The van der Waals surface area contributed by atoms with Crippen LogP contribution in [0.5, 0.6) is 0 Å². The van der Waals surface area contributed by atoms with E-state index in [4.69, 9.17) is 0 Å². The fraction of sp³-hybridized carbons (Fsp3) is 0.276. The molecule has 34 heavy (non-hydrogen) atoms. The molecular formula is C29H30Br2N2O. The average Bonchev–Trinajstić information content (AvgIpc) is 2.84. The van der Waals surface area contributed by atoms with E-state index >= 15 is 0 Å². The maximum atomic E-state index is 14.4. The van der Waals surface area contributed by atoms with Crippen LogP contribution in [0.3, 0.4) is 0 Å². The van der Waals surface area contributed by atoms with Crippen LogP contribution in [-0.2, 0) is 4.79 Å². The molecule has 2 aliphatic rings. The Balaban J connectivity index is 1.70. The largest absolute Gasteiger partial charge is 0.374 e. The van der Waals surface area contributed by atoms with Gasteiger partial charge in [0.2, 0.25) is 0 Å². The first-order valence-corrected chi connectivity index (χ1v) is 13.2. The maximum Gasteiger partial charge on any atom is 0.147 e. The molecule has 176 valence electrons. The Bertz CT molecular complexity index is 1010. The number of benzene rings is 2. The van der Waals surface area contributed by atoms with Crippen LogP contribution in [0.1, 0.15) is 35.8 Å². The van der Waals surface area contributed by atoms with E-state index in [1.54, 1.807) is 0 Å². The molecule has 0 N–H and O–H groups in total. The van der Waals surface area contributed by atoms with E-state index in [1.807, 2.05) is 36.4 Å². The molecule has 4 rings (SSSR count). The van der Waals surface area contributed by atoms with Crippen molar-refractivity contribution in [2.24, 2.45) is 0 Å². The average molecular weight is 582 g/mol. The number of rotatable bonds is 8. The third-order valence-corrected chi connectivity index (χ3v) is 7.82. The molecule has 2 aliphatic heterocycles. The Morgan fingerprint density at radius 1 is 0.706 bits per heavy atom. The number of hydrogen-bond acceptors (Lipinski definition) is 3. The lowest BCUT2D eigenvalue weighted by Gasteiger charge is -2.33. The summed E-state index contributed by atoms with van der Waals surface area (Å²) in [6, 6.07) is 16.8. The maximum absolute atomic E-state index is 14.4. The molecule has 4 unspecified atom stereocenters. The predicted molar refractivity (Wildman–Crippen MR) is 148 cm³/mol. The molecule has 0 spiro atoms. The van der Waals surface area contributed by atoms with Gasteiger partial charge in [0.15, 0.2) is 0 Å². The van der Waals surface area contributed by atoms with Gasteiger partial charge in [0.05, 0.1) is 0 Å². The van der Waals surface area contributed by atoms with Crippen LogP contribution in [0.2, 0.25) is 0 Å². The minimum absolute atomic E-state index is 0.174. The fourth-order valence-electron chi connectivity index (χ4n) is 4.69. The number of nitrogens with zero attached hydrogens (tertiary/aromatic N) is 2. The van der Waals surface area contributed by atoms with Crippen LogP contribution in [0.4, 0.5) is 0 Å². The Hall–Kier alpha value is -2.37. The minimum atomic E-state index is -0.209. The van der Waals surface area contributed by atoms with Gasteiger partial charge < -0.3 is 9.80 Å². The van der Waals surface area contributed by atoms with Crippen molar-refractivity contribution in [2.75, 3.05) is 14.1 Å². The first-order chi connectivity index (χ1) is 16.4. The molecule has 0 aliphatic carbocycles.